The van der Waals surface area contributed by atoms with E-state index in [9.17, 15) is 15.3 Å². The van der Waals surface area contributed by atoms with E-state index in [1.807, 2.05) is 24.3 Å². The molecule has 28 heavy (non-hydrogen) atoms. The van der Waals surface area contributed by atoms with E-state index in [4.69, 9.17) is 22.1 Å². The molecule has 0 spiro atoms. The average Bonchev–Trinajstić information content (AvgIpc) is 3.22. The van der Waals surface area contributed by atoms with Gasteiger partial charge in [0.25, 0.3) is 0 Å². The number of aliphatic hydroxyl groups excluding tert-OH is 3. The first-order valence-corrected chi connectivity index (χ1v) is 9.84. The molecule has 1 aliphatic heterocycles. The van der Waals surface area contributed by atoms with E-state index >= 15 is 0 Å². The number of nitrogen functional groups attached to an aromatic ring is 1. The molecule has 5 N–H and O–H groups in total. The molecular weight excluding hydrogens is 406 g/mol. The first-order valence-electron chi connectivity index (χ1n) is 8.47. The summed E-state index contributed by atoms with van der Waals surface area (Å²) in [6.45, 7) is -0.416. The van der Waals surface area contributed by atoms with Crippen molar-refractivity contribution < 1.29 is 20.1 Å². The number of nitrogens with two attached hydrogens (primary N) is 1. The number of nitrogens with zero attached hydrogens (tertiary/aromatic N) is 4. The molecule has 0 amide bonds. The zero-order valence-electron chi connectivity index (χ0n) is 14.5. The van der Waals surface area contributed by atoms with Crippen LogP contribution in [0.3, 0.4) is 0 Å². The first kappa shape index (κ1) is 19.4. The summed E-state index contributed by atoms with van der Waals surface area (Å²) < 4.78 is 7.05. The van der Waals surface area contributed by atoms with E-state index < -0.39 is 31.1 Å². The Bertz CT molecular complexity index is 986. The Morgan fingerprint density at radius 3 is 2.61 bits per heavy atom. The molecule has 1 aliphatic rings. The maximum Gasteiger partial charge on any atom is 0.223 e. The number of ether oxygens (including phenoxy) is 1. The van der Waals surface area contributed by atoms with Crippen LogP contribution in [-0.4, -0.2) is 59.8 Å². The number of hydrogen-bond acceptors (Lipinski definition) is 9. The molecule has 4 rings (SSSR count). The lowest BCUT2D eigenvalue weighted by atomic mass is 10.1. The molecule has 0 aliphatic carbocycles. The van der Waals surface area contributed by atoms with Gasteiger partial charge in [0.15, 0.2) is 11.9 Å². The third-order valence-electron chi connectivity index (χ3n) is 4.49. The SMILES string of the molecule is Nc1nc(SCc2ccc(Cl)cc2)c2ncn([C@@H]3O[C@@H](CO)[C@@H](O)[C@@H]3O)c2n1. The van der Waals surface area contributed by atoms with Gasteiger partial charge in [-0.1, -0.05) is 35.5 Å². The number of thioether (sulfide) groups is 1. The molecule has 1 fully saturated rings. The first-order chi connectivity index (χ1) is 13.5. The number of aliphatic hydroxyl groups is 3. The number of anilines is 1. The Labute approximate surface area is 169 Å². The van der Waals surface area contributed by atoms with Crippen molar-refractivity contribution in [2.45, 2.75) is 35.3 Å². The molecule has 1 saturated heterocycles. The van der Waals surface area contributed by atoms with Gasteiger partial charge in [0, 0.05) is 10.8 Å². The predicted octanol–water partition coefficient (Wildman–Crippen LogP) is 0.966. The number of benzene rings is 1. The Morgan fingerprint density at radius 1 is 1.18 bits per heavy atom. The quantitative estimate of drug-likeness (QED) is 0.349. The van der Waals surface area contributed by atoms with Gasteiger partial charge in [-0.3, -0.25) is 4.57 Å². The molecule has 1 aromatic carbocycles. The molecular formula is C17H18ClN5O4S. The third-order valence-corrected chi connectivity index (χ3v) is 5.77. The molecule has 2 aromatic heterocycles. The summed E-state index contributed by atoms with van der Waals surface area (Å²) >= 11 is 7.36. The van der Waals surface area contributed by atoms with Gasteiger partial charge in [0.2, 0.25) is 5.95 Å². The van der Waals surface area contributed by atoms with Crippen molar-refractivity contribution in [3.05, 3.63) is 41.2 Å². The Hall–Kier alpha value is -1.95. The van der Waals surface area contributed by atoms with Crippen LogP contribution in [0.5, 0.6) is 0 Å². The van der Waals surface area contributed by atoms with Gasteiger partial charge >= 0.3 is 0 Å². The smallest absolute Gasteiger partial charge is 0.223 e. The van der Waals surface area contributed by atoms with Crippen LogP contribution in [-0.2, 0) is 10.5 Å². The molecule has 4 atom stereocenters. The predicted molar refractivity (Wildman–Crippen MR) is 104 cm³/mol. The van der Waals surface area contributed by atoms with Crippen molar-refractivity contribution >= 4 is 40.5 Å². The number of imidazole rings is 1. The van der Waals surface area contributed by atoms with Gasteiger partial charge in [-0.05, 0) is 17.7 Å². The van der Waals surface area contributed by atoms with Crippen molar-refractivity contribution in [2.24, 2.45) is 0 Å². The van der Waals surface area contributed by atoms with Crippen LogP contribution in [0, 0.1) is 0 Å². The highest BCUT2D eigenvalue weighted by Crippen LogP contribution is 2.34. The number of halogens is 1. The van der Waals surface area contributed by atoms with Crippen LogP contribution in [0.25, 0.3) is 11.2 Å². The van der Waals surface area contributed by atoms with E-state index in [0.29, 0.717) is 27.0 Å². The zero-order valence-corrected chi connectivity index (χ0v) is 16.1. The number of hydrogen-bond donors (Lipinski definition) is 4. The van der Waals surface area contributed by atoms with Gasteiger partial charge in [-0.15, -0.1) is 0 Å². The summed E-state index contributed by atoms with van der Waals surface area (Å²) in [5.41, 5.74) is 7.81. The lowest BCUT2D eigenvalue weighted by Gasteiger charge is -2.16. The fourth-order valence-electron chi connectivity index (χ4n) is 3.04. The molecule has 148 valence electrons. The number of aromatic nitrogens is 4. The van der Waals surface area contributed by atoms with E-state index in [-0.39, 0.29) is 5.95 Å². The Kier molecular flexibility index (Phi) is 5.41. The van der Waals surface area contributed by atoms with Crippen LogP contribution in [0.1, 0.15) is 11.8 Å². The number of fused-ring (bicyclic) bond motifs is 1. The summed E-state index contributed by atoms with van der Waals surface area (Å²) in [5, 5.41) is 30.8. The number of rotatable bonds is 5. The molecule has 9 nitrogen and oxygen atoms in total. The summed E-state index contributed by atoms with van der Waals surface area (Å²) in [4.78, 5) is 12.8. The lowest BCUT2D eigenvalue weighted by molar-refractivity contribution is -0.0511. The van der Waals surface area contributed by atoms with Crippen LogP contribution >= 0.6 is 23.4 Å². The summed E-state index contributed by atoms with van der Waals surface area (Å²) in [6, 6.07) is 7.49. The van der Waals surface area contributed by atoms with Crippen LogP contribution in [0.2, 0.25) is 5.02 Å². The monoisotopic (exact) mass is 423 g/mol. The standard InChI is InChI=1S/C17H18ClN5O4S/c18-9-3-1-8(2-4-9)6-28-15-11-14(21-17(19)22-15)23(7-20-11)16-13(26)12(25)10(5-24)27-16/h1-4,7,10,12-13,16,24-26H,5-6H2,(H2,19,21,22)/t10-,12+,13-,16+/m0/s1. The maximum absolute atomic E-state index is 10.3. The Balaban J connectivity index is 1.64. The van der Waals surface area contributed by atoms with E-state index in [0.717, 1.165) is 5.56 Å². The maximum atomic E-state index is 10.3. The van der Waals surface area contributed by atoms with Crippen molar-refractivity contribution in [2.75, 3.05) is 12.3 Å². The Morgan fingerprint density at radius 2 is 1.93 bits per heavy atom. The lowest BCUT2D eigenvalue weighted by Crippen LogP contribution is -2.33. The summed E-state index contributed by atoms with van der Waals surface area (Å²) in [6.07, 6.45) is -2.84. The normalized spacial score (nSPS) is 24.9. The largest absolute Gasteiger partial charge is 0.394 e. The molecule has 11 heteroatoms. The molecule has 0 saturated carbocycles. The highest BCUT2D eigenvalue weighted by atomic mass is 35.5. The van der Waals surface area contributed by atoms with E-state index in [2.05, 4.69) is 15.0 Å². The minimum Gasteiger partial charge on any atom is -0.394 e. The minimum absolute atomic E-state index is 0.0552. The van der Waals surface area contributed by atoms with E-state index in [1.54, 1.807) is 0 Å². The van der Waals surface area contributed by atoms with E-state index in [1.165, 1.54) is 22.7 Å². The van der Waals surface area contributed by atoms with Gasteiger partial charge < -0.3 is 25.8 Å². The zero-order chi connectivity index (χ0) is 19.8. The second-order valence-corrected chi connectivity index (χ2v) is 7.76. The fraction of sp³-hybridized carbons (Fsp3) is 0.353. The minimum atomic E-state index is -1.24. The van der Waals surface area contributed by atoms with Crippen LogP contribution in [0.15, 0.2) is 35.6 Å². The van der Waals surface area contributed by atoms with Crippen molar-refractivity contribution in [1.29, 1.82) is 0 Å². The van der Waals surface area contributed by atoms with Crippen LogP contribution < -0.4 is 5.73 Å². The van der Waals surface area contributed by atoms with Gasteiger partial charge in [0.1, 0.15) is 28.9 Å². The highest BCUT2D eigenvalue weighted by Gasteiger charge is 2.44. The van der Waals surface area contributed by atoms with Crippen molar-refractivity contribution in [1.82, 2.24) is 19.5 Å². The second-order valence-electron chi connectivity index (χ2n) is 6.36. The molecule has 3 aromatic rings. The average molecular weight is 424 g/mol. The summed E-state index contributed by atoms with van der Waals surface area (Å²) in [7, 11) is 0. The van der Waals surface area contributed by atoms with Gasteiger partial charge in [0.05, 0.1) is 12.9 Å². The van der Waals surface area contributed by atoms with Gasteiger partial charge in [-0.2, -0.15) is 4.98 Å². The van der Waals surface area contributed by atoms with Crippen molar-refractivity contribution in [3.63, 3.8) is 0 Å². The highest BCUT2D eigenvalue weighted by molar-refractivity contribution is 7.98. The van der Waals surface area contributed by atoms with Crippen LogP contribution in [0.4, 0.5) is 5.95 Å². The molecule has 0 unspecified atom stereocenters. The van der Waals surface area contributed by atoms with Crippen molar-refractivity contribution in [3.8, 4) is 0 Å². The topological polar surface area (TPSA) is 140 Å². The molecule has 0 bridgehead atoms. The molecule has 3 heterocycles. The fourth-order valence-corrected chi connectivity index (χ4v) is 4.10. The molecule has 0 radical (unpaired) electrons. The van der Waals surface area contributed by atoms with Gasteiger partial charge in [-0.25, -0.2) is 9.97 Å². The summed E-state index contributed by atoms with van der Waals surface area (Å²) in [5.74, 6) is 0.684. The third kappa shape index (κ3) is 3.54. The second kappa shape index (κ2) is 7.82.